The third-order valence-electron chi connectivity index (χ3n) is 5.42. The van der Waals surface area contributed by atoms with Crippen molar-refractivity contribution < 1.29 is 4.79 Å². The number of aryl methyl sites for hydroxylation is 1. The quantitative estimate of drug-likeness (QED) is 0.846. The van der Waals surface area contributed by atoms with E-state index in [1.165, 1.54) is 61.8 Å². The molecule has 3 nitrogen and oxygen atoms in total. The van der Waals surface area contributed by atoms with Crippen molar-refractivity contribution in [3.8, 4) is 0 Å². The summed E-state index contributed by atoms with van der Waals surface area (Å²) in [5.41, 5.74) is 4.06. The maximum absolute atomic E-state index is 12.3. The summed E-state index contributed by atoms with van der Waals surface area (Å²) in [6.07, 6.45) is 10.1. The third kappa shape index (κ3) is 3.13. The molecule has 3 aliphatic rings. The van der Waals surface area contributed by atoms with E-state index in [0.717, 1.165) is 18.3 Å². The molecule has 0 aliphatic heterocycles. The zero-order valence-electron chi connectivity index (χ0n) is 13.2. The Kier molecular flexibility index (Phi) is 3.81. The number of fused-ring (bicyclic) bond motifs is 1. The Morgan fingerprint density at radius 3 is 2.55 bits per heavy atom. The van der Waals surface area contributed by atoms with Gasteiger partial charge in [0, 0.05) is 11.7 Å². The van der Waals surface area contributed by atoms with E-state index in [-0.39, 0.29) is 5.91 Å². The normalized spacial score (nSPS) is 20.6. The fraction of sp³-hybridized carbons (Fsp3) is 0.632. The van der Waals surface area contributed by atoms with Crippen LogP contribution in [0.25, 0.3) is 0 Å². The summed E-state index contributed by atoms with van der Waals surface area (Å²) < 4.78 is 0. The molecule has 1 amide bonds. The minimum atomic E-state index is 0.164. The molecule has 22 heavy (non-hydrogen) atoms. The monoisotopic (exact) mass is 298 g/mol. The smallest absolute Gasteiger partial charge is 0.239 e. The molecule has 0 atom stereocenters. The average Bonchev–Trinajstić information content (AvgIpc) is 3.43. The van der Waals surface area contributed by atoms with Gasteiger partial charge in [0.1, 0.15) is 0 Å². The van der Waals surface area contributed by atoms with Gasteiger partial charge in [0.2, 0.25) is 5.91 Å². The lowest BCUT2D eigenvalue weighted by Crippen LogP contribution is -2.41. The molecule has 118 valence electrons. The van der Waals surface area contributed by atoms with E-state index in [4.69, 9.17) is 0 Å². The van der Waals surface area contributed by atoms with E-state index in [1.54, 1.807) is 0 Å². The van der Waals surface area contributed by atoms with Gasteiger partial charge < -0.3 is 10.6 Å². The van der Waals surface area contributed by atoms with Crippen LogP contribution < -0.4 is 10.6 Å². The van der Waals surface area contributed by atoms with E-state index in [0.29, 0.717) is 12.6 Å². The maximum Gasteiger partial charge on any atom is 0.239 e. The van der Waals surface area contributed by atoms with Gasteiger partial charge in [-0.3, -0.25) is 4.79 Å². The number of nitrogens with one attached hydrogen (secondary N) is 2. The third-order valence-corrected chi connectivity index (χ3v) is 5.42. The molecule has 0 aromatic heterocycles. The highest BCUT2D eigenvalue weighted by Crippen LogP contribution is 2.44. The predicted octanol–water partition coefficient (Wildman–Crippen LogP) is 3.28. The molecule has 4 rings (SSSR count). The second-order valence-electron chi connectivity index (χ2n) is 7.27. The minimum Gasteiger partial charge on any atom is -0.376 e. The van der Waals surface area contributed by atoms with Crippen molar-refractivity contribution in [3.05, 3.63) is 29.3 Å². The molecule has 3 aliphatic carbocycles. The Morgan fingerprint density at radius 1 is 1.09 bits per heavy atom. The molecule has 2 saturated carbocycles. The molecule has 0 unspecified atom stereocenters. The topological polar surface area (TPSA) is 41.1 Å². The first-order valence-electron chi connectivity index (χ1n) is 8.95. The molecule has 1 aromatic rings. The predicted molar refractivity (Wildman–Crippen MR) is 89.0 cm³/mol. The van der Waals surface area contributed by atoms with Crippen molar-refractivity contribution >= 4 is 11.6 Å². The van der Waals surface area contributed by atoms with Crippen molar-refractivity contribution in [3.63, 3.8) is 0 Å². The average molecular weight is 298 g/mol. The lowest BCUT2D eigenvalue weighted by molar-refractivity contribution is -0.120. The van der Waals surface area contributed by atoms with Crippen LogP contribution in [0.5, 0.6) is 0 Å². The zero-order valence-corrected chi connectivity index (χ0v) is 13.2. The zero-order chi connectivity index (χ0) is 14.9. The number of amides is 1. The van der Waals surface area contributed by atoms with E-state index < -0.39 is 0 Å². The summed E-state index contributed by atoms with van der Waals surface area (Å²) in [4.78, 5) is 12.3. The van der Waals surface area contributed by atoms with Crippen LogP contribution in [0, 0.1) is 11.8 Å². The molecule has 0 bridgehead atoms. The van der Waals surface area contributed by atoms with Gasteiger partial charge in [-0.05, 0) is 80.4 Å². The molecular weight excluding hydrogens is 272 g/mol. The second kappa shape index (κ2) is 5.94. The Bertz CT molecular complexity index is 549. The van der Waals surface area contributed by atoms with Crippen LogP contribution in [-0.2, 0) is 17.6 Å². The molecular formula is C19H26N2O. The van der Waals surface area contributed by atoms with Crippen molar-refractivity contribution in [2.24, 2.45) is 11.8 Å². The number of rotatable bonds is 6. The van der Waals surface area contributed by atoms with Crippen molar-refractivity contribution in [1.29, 1.82) is 0 Å². The van der Waals surface area contributed by atoms with E-state index in [9.17, 15) is 4.79 Å². The fourth-order valence-electron chi connectivity index (χ4n) is 3.89. The van der Waals surface area contributed by atoms with Gasteiger partial charge in [-0.2, -0.15) is 0 Å². The van der Waals surface area contributed by atoms with Gasteiger partial charge in [-0.1, -0.05) is 12.1 Å². The molecule has 0 radical (unpaired) electrons. The van der Waals surface area contributed by atoms with Gasteiger partial charge in [-0.25, -0.2) is 0 Å². The fourth-order valence-corrected chi connectivity index (χ4v) is 3.89. The SMILES string of the molecule is O=C(CNc1cccc2c1CCCC2)NC(C1CC1)C1CC1. The summed E-state index contributed by atoms with van der Waals surface area (Å²) in [7, 11) is 0. The minimum absolute atomic E-state index is 0.164. The first-order valence-corrected chi connectivity index (χ1v) is 8.95. The molecule has 0 spiro atoms. The molecule has 0 heterocycles. The lowest BCUT2D eigenvalue weighted by atomic mass is 9.90. The number of benzene rings is 1. The Morgan fingerprint density at radius 2 is 1.82 bits per heavy atom. The summed E-state index contributed by atoms with van der Waals surface area (Å²) >= 11 is 0. The lowest BCUT2D eigenvalue weighted by Gasteiger charge is -2.21. The number of hydrogen-bond acceptors (Lipinski definition) is 2. The van der Waals surface area contributed by atoms with Crippen LogP contribution in [0.15, 0.2) is 18.2 Å². The van der Waals surface area contributed by atoms with E-state index >= 15 is 0 Å². The molecule has 0 saturated heterocycles. The molecule has 1 aromatic carbocycles. The van der Waals surface area contributed by atoms with E-state index in [2.05, 4.69) is 28.8 Å². The standard InChI is InChI=1S/C19H26N2O/c22-18(21-19(14-8-9-14)15-10-11-15)12-20-17-7-3-5-13-4-1-2-6-16(13)17/h3,5,7,14-15,19-20H,1-2,4,6,8-12H2,(H,21,22). The molecule has 3 heteroatoms. The number of carbonyl (C=O) groups excluding carboxylic acids is 1. The second-order valence-corrected chi connectivity index (χ2v) is 7.27. The summed E-state index contributed by atoms with van der Waals surface area (Å²) in [5, 5.41) is 6.67. The van der Waals surface area contributed by atoms with Crippen molar-refractivity contribution in [2.45, 2.75) is 57.4 Å². The van der Waals surface area contributed by atoms with Gasteiger partial charge in [-0.15, -0.1) is 0 Å². The van der Waals surface area contributed by atoms with Gasteiger partial charge in [0.15, 0.2) is 0 Å². The number of hydrogen-bond donors (Lipinski definition) is 2. The summed E-state index contributed by atoms with van der Waals surface area (Å²) in [5.74, 6) is 1.69. The van der Waals surface area contributed by atoms with Crippen molar-refractivity contribution in [2.75, 3.05) is 11.9 Å². The Hall–Kier alpha value is -1.51. The van der Waals surface area contributed by atoms with Crippen LogP contribution in [0.1, 0.15) is 49.7 Å². The van der Waals surface area contributed by atoms with Gasteiger partial charge in [0.05, 0.1) is 6.54 Å². The summed E-state index contributed by atoms with van der Waals surface area (Å²) in [6, 6.07) is 6.92. The van der Waals surface area contributed by atoms with Crippen LogP contribution in [-0.4, -0.2) is 18.5 Å². The highest BCUT2D eigenvalue weighted by atomic mass is 16.2. The Balaban J connectivity index is 1.35. The number of carbonyl (C=O) groups is 1. The van der Waals surface area contributed by atoms with Crippen LogP contribution in [0.4, 0.5) is 5.69 Å². The molecule has 2 fully saturated rings. The summed E-state index contributed by atoms with van der Waals surface area (Å²) in [6.45, 7) is 0.409. The van der Waals surface area contributed by atoms with Crippen LogP contribution >= 0.6 is 0 Å². The van der Waals surface area contributed by atoms with Crippen LogP contribution in [0.3, 0.4) is 0 Å². The first kappa shape index (κ1) is 14.1. The van der Waals surface area contributed by atoms with Crippen molar-refractivity contribution in [1.82, 2.24) is 5.32 Å². The molecule has 2 N–H and O–H groups in total. The van der Waals surface area contributed by atoms with Crippen LogP contribution in [0.2, 0.25) is 0 Å². The highest BCUT2D eigenvalue weighted by molar-refractivity contribution is 5.81. The highest BCUT2D eigenvalue weighted by Gasteiger charge is 2.42. The van der Waals surface area contributed by atoms with E-state index in [1.807, 2.05) is 0 Å². The van der Waals surface area contributed by atoms with Gasteiger partial charge >= 0.3 is 0 Å². The Labute approximate surface area is 132 Å². The largest absolute Gasteiger partial charge is 0.376 e. The first-order chi connectivity index (χ1) is 10.8. The maximum atomic E-state index is 12.3. The van der Waals surface area contributed by atoms with Gasteiger partial charge in [0.25, 0.3) is 0 Å². The number of anilines is 1.